The number of nitrogens with one attached hydrogen (secondary N) is 1. The van der Waals surface area contributed by atoms with E-state index in [1.165, 1.54) is 7.11 Å². The summed E-state index contributed by atoms with van der Waals surface area (Å²) in [4.78, 5) is 38.1. The van der Waals surface area contributed by atoms with Crippen LogP contribution in [0, 0.1) is 13.8 Å². The second-order valence-electron chi connectivity index (χ2n) is 9.30. The van der Waals surface area contributed by atoms with Crippen molar-refractivity contribution in [1.82, 2.24) is 10.4 Å². The number of hydrogen-bond acceptors (Lipinski definition) is 6. The van der Waals surface area contributed by atoms with Crippen molar-refractivity contribution in [2.45, 2.75) is 65.1 Å². The van der Waals surface area contributed by atoms with E-state index in [1.807, 2.05) is 62.4 Å². The van der Waals surface area contributed by atoms with Crippen LogP contribution in [0.25, 0.3) is 0 Å². The van der Waals surface area contributed by atoms with Gasteiger partial charge in [-0.05, 0) is 45.7 Å². The third-order valence-corrected chi connectivity index (χ3v) is 4.96. The van der Waals surface area contributed by atoms with Crippen molar-refractivity contribution in [3.8, 4) is 0 Å². The molecule has 8 heteroatoms. The summed E-state index contributed by atoms with van der Waals surface area (Å²) in [5.41, 5.74) is 5.46. The fourth-order valence-corrected chi connectivity index (χ4v) is 3.61. The van der Waals surface area contributed by atoms with Crippen LogP contribution in [-0.4, -0.2) is 52.9 Å². The van der Waals surface area contributed by atoms with Crippen LogP contribution in [0.2, 0.25) is 0 Å². The van der Waals surface area contributed by atoms with Gasteiger partial charge in [0.25, 0.3) is 0 Å². The number of amides is 1. The van der Waals surface area contributed by atoms with Gasteiger partial charge < -0.3 is 14.6 Å². The molecule has 0 heterocycles. The molecule has 2 N–H and O–H groups in total. The number of ether oxygens (including phenoxy) is 2. The normalized spacial score (nSPS) is 13.0. The molecule has 0 aromatic heterocycles. The first-order chi connectivity index (χ1) is 15.9. The number of aliphatic carboxylic acids is 1. The Balaban J connectivity index is 2.43. The maximum atomic E-state index is 13.2. The topological polar surface area (TPSA) is 105 Å². The summed E-state index contributed by atoms with van der Waals surface area (Å²) in [6.45, 7) is 8.94. The average molecular weight is 471 g/mol. The number of hydrogen-bond donors (Lipinski definition) is 2. The molecule has 0 fully saturated rings. The predicted molar refractivity (Wildman–Crippen MR) is 128 cm³/mol. The predicted octanol–water partition coefficient (Wildman–Crippen LogP) is 3.83. The SMILES string of the molecule is COC(=O)[C@H](Cc1ccccc1)N(N[C@@H](Cc1cc(C)cc(C)c1)C(=O)O)C(=O)OC(C)(C)C. The second-order valence-corrected chi connectivity index (χ2v) is 9.30. The van der Waals surface area contributed by atoms with Crippen LogP contribution in [0.3, 0.4) is 0 Å². The lowest BCUT2D eigenvalue weighted by Gasteiger charge is -2.34. The van der Waals surface area contributed by atoms with Gasteiger partial charge in [-0.15, -0.1) is 0 Å². The molecule has 0 aliphatic carbocycles. The Morgan fingerprint density at radius 2 is 1.56 bits per heavy atom. The molecule has 8 nitrogen and oxygen atoms in total. The van der Waals surface area contributed by atoms with Crippen molar-refractivity contribution >= 4 is 18.0 Å². The van der Waals surface area contributed by atoms with Crippen LogP contribution >= 0.6 is 0 Å². The van der Waals surface area contributed by atoms with E-state index in [-0.39, 0.29) is 12.8 Å². The van der Waals surface area contributed by atoms with Crippen molar-refractivity contribution in [2.24, 2.45) is 0 Å². The lowest BCUT2D eigenvalue weighted by atomic mass is 10.0. The van der Waals surface area contributed by atoms with Crippen LogP contribution in [0.1, 0.15) is 43.0 Å². The summed E-state index contributed by atoms with van der Waals surface area (Å²) in [6.07, 6.45) is -0.669. The Kier molecular flexibility index (Phi) is 9.20. The van der Waals surface area contributed by atoms with Crippen molar-refractivity contribution < 1.29 is 29.0 Å². The van der Waals surface area contributed by atoms with Crippen LogP contribution in [0.4, 0.5) is 4.79 Å². The summed E-state index contributed by atoms with van der Waals surface area (Å²) in [5.74, 6) is -1.87. The summed E-state index contributed by atoms with van der Waals surface area (Å²) in [7, 11) is 1.22. The number of nitrogens with zero attached hydrogens (tertiary/aromatic N) is 1. The molecule has 0 saturated heterocycles. The molecule has 2 aromatic carbocycles. The first kappa shape index (κ1) is 26.9. The van der Waals surface area contributed by atoms with Crippen molar-refractivity contribution in [3.63, 3.8) is 0 Å². The van der Waals surface area contributed by atoms with Crippen molar-refractivity contribution in [3.05, 3.63) is 70.8 Å². The molecule has 0 aliphatic heterocycles. The number of benzene rings is 2. The molecule has 0 aliphatic rings. The van der Waals surface area contributed by atoms with E-state index >= 15 is 0 Å². The Bertz CT molecular complexity index is 980. The maximum Gasteiger partial charge on any atom is 0.425 e. The van der Waals surface area contributed by atoms with Gasteiger partial charge in [0.1, 0.15) is 11.6 Å². The minimum atomic E-state index is -1.20. The molecule has 2 aromatic rings. The highest BCUT2D eigenvalue weighted by atomic mass is 16.6. The summed E-state index contributed by atoms with van der Waals surface area (Å²) in [6, 6.07) is 12.5. The molecule has 1 amide bonds. The zero-order chi connectivity index (χ0) is 25.5. The lowest BCUT2D eigenvalue weighted by molar-refractivity contribution is -0.151. The second kappa shape index (κ2) is 11.7. The number of carbonyl (C=O) groups excluding carboxylic acids is 2. The highest BCUT2D eigenvalue weighted by Crippen LogP contribution is 2.17. The Labute approximate surface area is 200 Å². The first-order valence-corrected chi connectivity index (χ1v) is 11.1. The quantitative estimate of drug-likeness (QED) is 0.424. The molecular formula is C26H34N2O6. The van der Waals surface area contributed by atoms with E-state index in [2.05, 4.69) is 5.43 Å². The zero-order valence-corrected chi connectivity index (χ0v) is 20.6. The number of aryl methyl sites for hydroxylation is 2. The molecule has 0 spiro atoms. The number of esters is 1. The minimum absolute atomic E-state index is 0.0936. The molecule has 34 heavy (non-hydrogen) atoms. The van der Waals surface area contributed by atoms with E-state index in [0.29, 0.717) is 0 Å². The number of carboxylic acids is 1. The van der Waals surface area contributed by atoms with Crippen LogP contribution in [0.15, 0.2) is 48.5 Å². The van der Waals surface area contributed by atoms with Gasteiger partial charge in [0, 0.05) is 12.8 Å². The minimum Gasteiger partial charge on any atom is -0.480 e. The number of hydrazine groups is 1. The fraction of sp³-hybridized carbons (Fsp3) is 0.423. The molecule has 2 rings (SSSR count). The van der Waals surface area contributed by atoms with E-state index in [0.717, 1.165) is 27.3 Å². The number of rotatable bonds is 9. The van der Waals surface area contributed by atoms with Gasteiger partial charge >= 0.3 is 18.0 Å². The van der Waals surface area contributed by atoms with Gasteiger partial charge in [0.2, 0.25) is 0 Å². The highest BCUT2D eigenvalue weighted by Gasteiger charge is 2.37. The molecule has 0 unspecified atom stereocenters. The van der Waals surface area contributed by atoms with Gasteiger partial charge in [-0.25, -0.2) is 20.0 Å². The van der Waals surface area contributed by atoms with Crippen molar-refractivity contribution in [2.75, 3.05) is 7.11 Å². The Morgan fingerprint density at radius 3 is 2.06 bits per heavy atom. The standard InChI is InChI=1S/C26H34N2O6/c1-17-12-18(2)14-20(13-17)15-21(23(29)30)27-28(25(32)34-26(3,4)5)22(24(31)33-6)16-19-10-8-7-9-11-19/h7-14,21-22,27H,15-16H2,1-6H3,(H,29,30)/t21-,22-/m0/s1. The smallest absolute Gasteiger partial charge is 0.425 e. The van der Waals surface area contributed by atoms with Gasteiger partial charge in [-0.2, -0.15) is 0 Å². The summed E-state index contributed by atoms with van der Waals surface area (Å²) >= 11 is 0. The maximum absolute atomic E-state index is 13.2. The Hall–Kier alpha value is -3.39. The van der Waals surface area contributed by atoms with E-state index in [1.54, 1.807) is 20.8 Å². The van der Waals surface area contributed by atoms with Crippen LogP contribution in [0.5, 0.6) is 0 Å². The number of methoxy groups -OCH3 is 1. The molecule has 184 valence electrons. The summed E-state index contributed by atoms with van der Waals surface area (Å²) < 4.78 is 10.5. The first-order valence-electron chi connectivity index (χ1n) is 11.1. The zero-order valence-electron chi connectivity index (χ0n) is 20.6. The highest BCUT2D eigenvalue weighted by molar-refractivity contribution is 5.82. The lowest BCUT2D eigenvalue weighted by Crippen LogP contribution is -2.60. The monoisotopic (exact) mass is 470 g/mol. The van der Waals surface area contributed by atoms with Gasteiger partial charge in [0.05, 0.1) is 7.11 Å². The summed E-state index contributed by atoms with van der Waals surface area (Å²) in [5, 5.41) is 10.9. The molecule has 2 atom stereocenters. The average Bonchev–Trinajstić information content (AvgIpc) is 2.73. The molecular weight excluding hydrogens is 436 g/mol. The van der Waals surface area contributed by atoms with Crippen LogP contribution in [-0.2, 0) is 31.9 Å². The van der Waals surface area contributed by atoms with Crippen LogP contribution < -0.4 is 5.43 Å². The largest absolute Gasteiger partial charge is 0.480 e. The van der Waals surface area contributed by atoms with E-state index < -0.39 is 35.7 Å². The van der Waals surface area contributed by atoms with Gasteiger partial charge in [0.15, 0.2) is 6.04 Å². The molecule has 0 radical (unpaired) electrons. The van der Waals surface area contributed by atoms with Gasteiger partial charge in [-0.3, -0.25) is 4.79 Å². The number of carboxylic acid groups (broad SMARTS) is 1. The molecule has 0 saturated carbocycles. The third-order valence-electron chi connectivity index (χ3n) is 4.96. The third kappa shape index (κ3) is 8.19. The van der Waals surface area contributed by atoms with E-state index in [4.69, 9.17) is 9.47 Å². The van der Waals surface area contributed by atoms with E-state index in [9.17, 15) is 19.5 Å². The number of carbonyl (C=O) groups is 3. The van der Waals surface area contributed by atoms with Crippen molar-refractivity contribution in [1.29, 1.82) is 0 Å². The van der Waals surface area contributed by atoms with Gasteiger partial charge in [-0.1, -0.05) is 59.7 Å². The molecule has 0 bridgehead atoms. The Morgan fingerprint density at radius 1 is 0.971 bits per heavy atom. The fourth-order valence-electron chi connectivity index (χ4n) is 3.61.